The number of aromatic nitrogens is 1. The predicted octanol–water partition coefficient (Wildman–Crippen LogP) is 2.35. The van der Waals surface area contributed by atoms with E-state index in [1.165, 1.54) is 6.07 Å². The number of benzene rings is 1. The highest BCUT2D eigenvalue weighted by molar-refractivity contribution is 6.27. The third-order valence-electron chi connectivity index (χ3n) is 6.45. The van der Waals surface area contributed by atoms with Gasteiger partial charge < -0.3 is 20.0 Å². The summed E-state index contributed by atoms with van der Waals surface area (Å²) >= 11 is 0. The second-order valence-corrected chi connectivity index (χ2v) is 8.86. The SMILES string of the molecule is O=C(CCc1ccccc1F)N1CCC2(CC1)CC(=O)N(Cc1ccncc1)C2.O=C(O)C(=O)O. The molecule has 0 radical (unpaired) electrons. The maximum absolute atomic E-state index is 13.7. The van der Waals surface area contributed by atoms with Gasteiger partial charge >= 0.3 is 11.9 Å². The Labute approximate surface area is 202 Å². The van der Waals surface area contributed by atoms with Gasteiger partial charge in [0.05, 0.1) is 0 Å². The summed E-state index contributed by atoms with van der Waals surface area (Å²) in [5.41, 5.74) is 1.65. The fraction of sp³-hybridized carbons (Fsp3) is 0.400. The Hall–Kier alpha value is -3.82. The van der Waals surface area contributed by atoms with Crippen molar-refractivity contribution in [3.05, 3.63) is 65.7 Å². The Bertz CT molecular complexity index is 1060. The summed E-state index contributed by atoms with van der Waals surface area (Å²) in [5.74, 6) is -3.64. The molecule has 1 aromatic carbocycles. The molecule has 1 aromatic heterocycles. The van der Waals surface area contributed by atoms with Crippen LogP contribution in [0.2, 0.25) is 0 Å². The van der Waals surface area contributed by atoms with Crippen LogP contribution in [0.1, 0.15) is 36.8 Å². The number of halogens is 1. The normalized spacial score (nSPS) is 16.5. The van der Waals surface area contributed by atoms with Gasteiger partial charge in [0.1, 0.15) is 5.82 Å². The number of carbonyl (C=O) groups is 4. The number of hydrogen-bond acceptors (Lipinski definition) is 5. The molecule has 2 fully saturated rings. The van der Waals surface area contributed by atoms with Crippen molar-refractivity contribution in [2.24, 2.45) is 5.41 Å². The summed E-state index contributed by atoms with van der Waals surface area (Å²) in [7, 11) is 0. The molecular weight excluding hydrogens is 457 g/mol. The van der Waals surface area contributed by atoms with Crippen molar-refractivity contribution in [3.63, 3.8) is 0 Å². The predicted molar refractivity (Wildman–Crippen MR) is 123 cm³/mol. The van der Waals surface area contributed by atoms with Gasteiger partial charge in [-0.1, -0.05) is 18.2 Å². The Morgan fingerprint density at radius 3 is 2.23 bits per heavy atom. The topological polar surface area (TPSA) is 128 Å². The highest BCUT2D eigenvalue weighted by Crippen LogP contribution is 2.41. The van der Waals surface area contributed by atoms with E-state index >= 15 is 0 Å². The molecule has 2 saturated heterocycles. The first-order chi connectivity index (χ1) is 16.7. The quantitative estimate of drug-likeness (QED) is 0.622. The number of hydrogen-bond donors (Lipinski definition) is 2. The smallest absolute Gasteiger partial charge is 0.414 e. The largest absolute Gasteiger partial charge is 0.473 e. The second-order valence-electron chi connectivity index (χ2n) is 8.86. The van der Waals surface area contributed by atoms with Crippen molar-refractivity contribution in [1.29, 1.82) is 0 Å². The van der Waals surface area contributed by atoms with Gasteiger partial charge in [-0.05, 0) is 48.6 Å². The summed E-state index contributed by atoms with van der Waals surface area (Å²) in [5, 5.41) is 14.8. The summed E-state index contributed by atoms with van der Waals surface area (Å²) < 4.78 is 13.7. The maximum Gasteiger partial charge on any atom is 0.414 e. The van der Waals surface area contributed by atoms with Crippen molar-refractivity contribution in [2.45, 2.75) is 38.6 Å². The first kappa shape index (κ1) is 25.8. The van der Waals surface area contributed by atoms with Crippen LogP contribution in [0.25, 0.3) is 0 Å². The first-order valence-electron chi connectivity index (χ1n) is 11.3. The van der Waals surface area contributed by atoms with Gasteiger partial charge in [-0.25, -0.2) is 14.0 Å². The number of pyridine rings is 1. The fourth-order valence-corrected chi connectivity index (χ4v) is 4.50. The average molecular weight is 486 g/mol. The molecular formula is C25H28FN3O6. The molecule has 4 rings (SSSR count). The molecule has 0 atom stereocenters. The monoisotopic (exact) mass is 485 g/mol. The van der Waals surface area contributed by atoms with Crippen LogP contribution >= 0.6 is 0 Å². The minimum Gasteiger partial charge on any atom is -0.473 e. The van der Waals surface area contributed by atoms with E-state index in [9.17, 15) is 14.0 Å². The molecule has 186 valence electrons. The first-order valence-corrected chi connectivity index (χ1v) is 11.3. The van der Waals surface area contributed by atoms with Crippen LogP contribution in [0.3, 0.4) is 0 Å². The van der Waals surface area contributed by atoms with Gasteiger partial charge in [-0.15, -0.1) is 0 Å². The van der Waals surface area contributed by atoms with Crippen LogP contribution < -0.4 is 0 Å². The van der Waals surface area contributed by atoms with E-state index in [2.05, 4.69) is 4.98 Å². The molecule has 9 nitrogen and oxygen atoms in total. The van der Waals surface area contributed by atoms with Gasteiger partial charge in [0, 0.05) is 56.8 Å². The van der Waals surface area contributed by atoms with Gasteiger partial charge in [0.2, 0.25) is 11.8 Å². The van der Waals surface area contributed by atoms with E-state index in [0.29, 0.717) is 44.5 Å². The number of piperidine rings is 1. The molecule has 2 aliphatic rings. The summed E-state index contributed by atoms with van der Waals surface area (Å²) in [4.78, 5) is 51.2. The molecule has 2 aliphatic heterocycles. The van der Waals surface area contributed by atoms with Crippen molar-refractivity contribution >= 4 is 23.8 Å². The van der Waals surface area contributed by atoms with Crippen LogP contribution in [0.5, 0.6) is 0 Å². The van der Waals surface area contributed by atoms with E-state index in [0.717, 1.165) is 24.9 Å². The van der Waals surface area contributed by atoms with Crippen molar-refractivity contribution in [3.8, 4) is 0 Å². The lowest BCUT2D eigenvalue weighted by Crippen LogP contribution is -2.44. The Balaban J connectivity index is 0.000000509. The lowest BCUT2D eigenvalue weighted by Gasteiger charge is -2.39. The number of aliphatic carboxylic acids is 2. The molecule has 0 saturated carbocycles. The number of rotatable bonds is 5. The number of amides is 2. The van der Waals surface area contributed by atoms with E-state index in [1.807, 2.05) is 21.9 Å². The fourth-order valence-electron chi connectivity index (χ4n) is 4.50. The van der Waals surface area contributed by atoms with Crippen LogP contribution in [-0.2, 0) is 32.1 Å². The molecule has 0 aliphatic carbocycles. The molecule has 0 unspecified atom stereocenters. The van der Waals surface area contributed by atoms with Crippen LogP contribution in [0.4, 0.5) is 4.39 Å². The molecule has 2 amide bonds. The number of aryl methyl sites for hydroxylation is 1. The van der Waals surface area contributed by atoms with E-state index in [1.54, 1.807) is 30.6 Å². The van der Waals surface area contributed by atoms with Gasteiger partial charge in [0.25, 0.3) is 0 Å². The average Bonchev–Trinajstić information content (AvgIpc) is 3.13. The Morgan fingerprint density at radius 2 is 1.63 bits per heavy atom. The van der Waals surface area contributed by atoms with E-state index < -0.39 is 11.9 Å². The number of nitrogens with zero attached hydrogens (tertiary/aromatic N) is 3. The second kappa shape index (κ2) is 11.5. The number of likely N-dealkylation sites (tertiary alicyclic amines) is 2. The standard InChI is InChI=1S/C23H26FN3O2.C2H2O4/c24-20-4-2-1-3-19(20)5-6-21(28)26-13-9-23(10-14-26)15-22(29)27(17-23)16-18-7-11-25-12-8-18;3-1(4)2(5)6/h1-4,7-8,11-12H,5-6,9-10,13-17H2;(H,3,4)(H,5,6). The van der Waals surface area contributed by atoms with Gasteiger partial charge in [-0.2, -0.15) is 0 Å². The summed E-state index contributed by atoms with van der Waals surface area (Å²) in [6, 6.07) is 10.5. The zero-order chi connectivity index (χ0) is 25.4. The van der Waals surface area contributed by atoms with Crippen molar-refractivity contribution < 1.29 is 33.8 Å². The lowest BCUT2D eigenvalue weighted by atomic mass is 9.77. The number of carbonyl (C=O) groups excluding carboxylic acids is 2. The summed E-state index contributed by atoms with van der Waals surface area (Å²) in [6.45, 7) is 2.72. The zero-order valence-corrected chi connectivity index (χ0v) is 19.2. The van der Waals surface area contributed by atoms with Gasteiger partial charge in [-0.3, -0.25) is 14.6 Å². The van der Waals surface area contributed by atoms with Crippen molar-refractivity contribution in [2.75, 3.05) is 19.6 Å². The number of carboxylic acids is 2. The molecule has 3 heterocycles. The molecule has 1 spiro atoms. The van der Waals surface area contributed by atoms with Gasteiger partial charge in [0.15, 0.2) is 0 Å². The molecule has 10 heteroatoms. The zero-order valence-electron chi connectivity index (χ0n) is 19.2. The molecule has 35 heavy (non-hydrogen) atoms. The highest BCUT2D eigenvalue weighted by atomic mass is 19.1. The Kier molecular flexibility index (Phi) is 8.51. The third-order valence-corrected chi connectivity index (χ3v) is 6.45. The van der Waals surface area contributed by atoms with Crippen LogP contribution in [0.15, 0.2) is 48.8 Å². The minimum atomic E-state index is -1.82. The van der Waals surface area contributed by atoms with Crippen LogP contribution in [-0.4, -0.2) is 68.4 Å². The highest BCUT2D eigenvalue weighted by Gasteiger charge is 2.45. The summed E-state index contributed by atoms with van der Waals surface area (Å²) in [6.07, 6.45) is 6.49. The van der Waals surface area contributed by atoms with E-state index in [-0.39, 0.29) is 23.0 Å². The van der Waals surface area contributed by atoms with Crippen molar-refractivity contribution in [1.82, 2.24) is 14.8 Å². The lowest BCUT2D eigenvalue weighted by molar-refractivity contribution is -0.159. The van der Waals surface area contributed by atoms with E-state index in [4.69, 9.17) is 19.8 Å². The third kappa shape index (κ3) is 7.08. The minimum absolute atomic E-state index is 0.0214. The Morgan fingerprint density at radius 1 is 1.00 bits per heavy atom. The molecule has 0 bridgehead atoms. The van der Waals surface area contributed by atoms with Crippen LogP contribution in [0, 0.1) is 11.2 Å². The molecule has 2 aromatic rings. The number of carboxylic acid groups (broad SMARTS) is 2. The molecule has 2 N–H and O–H groups in total. The maximum atomic E-state index is 13.7.